The molecule has 1 aromatic rings. The SMILES string of the molecule is CC(NCc1ccncc1)C(C)(C)C. The van der Waals surface area contributed by atoms with Gasteiger partial charge in [0, 0.05) is 25.0 Å². The first-order valence-corrected chi connectivity index (χ1v) is 5.12. The molecule has 1 unspecified atom stereocenters. The third kappa shape index (κ3) is 3.46. The van der Waals surface area contributed by atoms with Crippen molar-refractivity contribution in [1.82, 2.24) is 10.3 Å². The van der Waals surface area contributed by atoms with Crippen LogP contribution in [0.2, 0.25) is 0 Å². The molecule has 0 radical (unpaired) electrons. The molecule has 1 aromatic heterocycles. The number of nitrogens with zero attached hydrogens (tertiary/aromatic N) is 1. The van der Waals surface area contributed by atoms with Crippen LogP contribution < -0.4 is 5.32 Å². The molecule has 0 aromatic carbocycles. The lowest BCUT2D eigenvalue weighted by Gasteiger charge is -2.28. The number of hydrogen-bond acceptors (Lipinski definition) is 2. The monoisotopic (exact) mass is 192 g/mol. The summed E-state index contributed by atoms with van der Waals surface area (Å²) in [7, 11) is 0. The summed E-state index contributed by atoms with van der Waals surface area (Å²) in [6.07, 6.45) is 3.66. The molecule has 14 heavy (non-hydrogen) atoms. The summed E-state index contributed by atoms with van der Waals surface area (Å²) < 4.78 is 0. The van der Waals surface area contributed by atoms with Gasteiger partial charge in [0.1, 0.15) is 0 Å². The van der Waals surface area contributed by atoms with E-state index < -0.39 is 0 Å². The molecule has 2 nitrogen and oxygen atoms in total. The maximum atomic E-state index is 3.99. The Hall–Kier alpha value is -0.890. The highest BCUT2D eigenvalue weighted by atomic mass is 14.9. The molecule has 0 fully saturated rings. The zero-order chi connectivity index (χ0) is 10.6. The molecule has 0 spiro atoms. The minimum atomic E-state index is 0.313. The van der Waals surface area contributed by atoms with Crippen LogP contribution in [0.15, 0.2) is 24.5 Å². The highest BCUT2D eigenvalue weighted by Gasteiger charge is 2.18. The standard InChI is InChI=1S/C12H20N2/c1-10(12(2,3)4)14-9-11-5-7-13-8-6-11/h5-8,10,14H,9H2,1-4H3. The smallest absolute Gasteiger partial charge is 0.0271 e. The molecule has 0 amide bonds. The van der Waals surface area contributed by atoms with E-state index in [0.29, 0.717) is 11.5 Å². The fraction of sp³-hybridized carbons (Fsp3) is 0.583. The fourth-order valence-electron chi connectivity index (χ4n) is 1.08. The lowest BCUT2D eigenvalue weighted by atomic mass is 9.88. The molecule has 0 saturated heterocycles. The number of aromatic nitrogens is 1. The highest BCUT2D eigenvalue weighted by Crippen LogP contribution is 2.18. The topological polar surface area (TPSA) is 24.9 Å². The Kier molecular flexibility index (Phi) is 3.64. The molecular weight excluding hydrogens is 172 g/mol. The van der Waals surface area contributed by atoms with E-state index in [1.807, 2.05) is 24.5 Å². The summed E-state index contributed by atoms with van der Waals surface area (Å²) in [5, 5.41) is 3.51. The van der Waals surface area contributed by atoms with Gasteiger partial charge in [-0.25, -0.2) is 0 Å². The lowest BCUT2D eigenvalue weighted by molar-refractivity contribution is 0.285. The van der Waals surface area contributed by atoms with Crippen LogP contribution in [0, 0.1) is 5.41 Å². The number of nitrogens with one attached hydrogen (secondary N) is 1. The fourth-order valence-corrected chi connectivity index (χ4v) is 1.08. The van der Waals surface area contributed by atoms with Crippen molar-refractivity contribution in [2.45, 2.75) is 40.3 Å². The van der Waals surface area contributed by atoms with E-state index in [1.165, 1.54) is 5.56 Å². The van der Waals surface area contributed by atoms with E-state index in [4.69, 9.17) is 0 Å². The summed E-state index contributed by atoms with van der Waals surface area (Å²) in [5.74, 6) is 0. The van der Waals surface area contributed by atoms with E-state index in [0.717, 1.165) is 6.54 Å². The average Bonchev–Trinajstić information content (AvgIpc) is 2.14. The Morgan fingerprint density at radius 3 is 2.36 bits per heavy atom. The van der Waals surface area contributed by atoms with Gasteiger partial charge in [-0.05, 0) is 30.0 Å². The Morgan fingerprint density at radius 2 is 1.86 bits per heavy atom. The molecule has 0 aliphatic heterocycles. The van der Waals surface area contributed by atoms with Gasteiger partial charge >= 0.3 is 0 Å². The molecule has 1 heterocycles. The van der Waals surface area contributed by atoms with Crippen LogP contribution in [-0.2, 0) is 6.54 Å². The first-order valence-electron chi connectivity index (χ1n) is 5.12. The van der Waals surface area contributed by atoms with Crippen molar-refractivity contribution in [2.24, 2.45) is 5.41 Å². The lowest BCUT2D eigenvalue weighted by Crippen LogP contribution is -2.37. The van der Waals surface area contributed by atoms with E-state index in [1.54, 1.807) is 0 Å². The largest absolute Gasteiger partial charge is 0.310 e. The zero-order valence-electron chi connectivity index (χ0n) is 9.54. The maximum absolute atomic E-state index is 3.99. The molecule has 0 aliphatic carbocycles. The van der Waals surface area contributed by atoms with Gasteiger partial charge in [0.2, 0.25) is 0 Å². The van der Waals surface area contributed by atoms with Crippen molar-refractivity contribution in [1.29, 1.82) is 0 Å². The molecular formula is C12H20N2. The number of rotatable bonds is 3. The van der Waals surface area contributed by atoms with E-state index in [-0.39, 0.29) is 0 Å². The van der Waals surface area contributed by atoms with Gasteiger partial charge in [-0.3, -0.25) is 4.98 Å². The minimum absolute atomic E-state index is 0.313. The zero-order valence-corrected chi connectivity index (χ0v) is 9.54. The second-order valence-corrected chi connectivity index (χ2v) is 4.82. The van der Waals surface area contributed by atoms with Crippen LogP contribution >= 0.6 is 0 Å². The summed E-state index contributed by atoms with van der Waals surface area (Å²) in [6.45, 7) is 9.88. The van der Waals surface area contributed by atoms with Gasteiger partial charge in [0.25, 0.3) is 0 Å². The predicted molar refractivity (Wildman–Crippen MR) is 60.0 cm³/mol. The average molecular weight is 192 g/mol. The van der Waals surface area contributed by atoms with Crippen LogP contribution in [0.5, 0.6) is 0 Å². The summed E-state index contributed by atoms with van der Waals surface area (Å²) in [5.41, 5.74) is 1.60. The van der Waals surface area contributed by atoms with Crippen LogP contribution in [0.3, 0.4) is 0 Å². The minimum Gasteiger partial charge on any atom is -0.310 e. The third-order valence-electron chi connectivity index (χ3n) is 2.66. The molecule has 2 heteroatoms. The molecule has 0 bridgehead atoms. The second kappa shape index (κ2) is 4.56. The molecule has 0 aliphatic rings. The van der Waals surface area contributed by atoms with Crippen LogP contribution in [-0.4, -0.2) is 11.0 Å². The molecule has 78 valence electrons. The van der Waals surface area contributed by atoms with E-state index in [9.17, 15) is 0 Å². The molecule has 1 N–H and O–H groups in total. The first-order chi connectivity index (χ1) is 6.50. The van der Waals surface area contributed by atoms with Crippen molar-refractivity contribution in [3.8, 4) is 0 Å². The number of hydrogen-bond donors (Lipinski definition) is 1. The van der Waals surface area contributed by atoms with Gasteiger partial charge in [0.15, 0.2) is 0 Å². The maximum Gasteiger partial charge on any atom is 0.0271 e. The van der Waals surface area contributed by atoms with Crippen LogP contribution in [0.4, 0.5) is 0 Å². The third-order valence-corrected chi connectivity index (χ3v) is 2.66. The summed E-state index contributed by atoms with van der Waals surface area (Å²) in [6, 6.07) is 4.60. The quantitative estimate of drug-likeness (QED) is 0.796. The van der Waals surface area contributed by atoms with Gasteiger partial charge in [-0.2, -0.15) is 0 Å². The van der Waals surface area contributed by atoms with Crippen molar-refractivity contribution in [3.63, 3.8) is 0 Å². The van der Waals surface area contributed by atoms with Crippen LogP contribution in [0.1, 0.15) is 33.3 Å². The van der Waals surface area contributed by atoms with Gasteiger partial charge < -0.3 is 5.32 Å². The van der Waals surface area contributed by atoms with E-state index >= 15 is 0 Å². The summed E-state index contributed by atoms with van der Waals surface area (Å²) in [4.78, 5) is 3.99. The Bertz CT molecular complexity index is 261. The van der Waals surface area contributed by atoms with Gasteiger partial charge in [0.05, 0.1) is 0 Å². The van der Waals surface area contributed by atoms with Crippen LogP contribution in [0.25, 0.3) is 0 Å². The molecule has 0 saturated carbocycles. The van der Waals surface area contributed by atoms with Crippen molar-refractivity contribution in [2.75, 3.05) is 0 Å². The van der Waals surface area contributed by atoms with Gasteiger partial charge in [-0.1, -0.05) is 20.8 Å². The summed E-state index contributed by atoms with van der Waals surface area (Å²) >= 11 is 0. The van der Waals surface area contributed by atoms with Crippen molar-refractivity contribution in [3.05, 3.63) is 30.1 Å². The van der Waals surface area contributed by atoms with Gasteiger partial charge in [-0.15, -0.1) is 0 Å². The Balaban J connectivity index is 2.42. The van der Waals surface area contributed by atoms with E-state index in [2.05, 4.69) is 38.0 Å². The Labute approximate surface area is 86.8 Å². The molecule has 1 atom stereocenters. The second-order valence-electron chi connectivity index (χ2n) is 4.82. The normalized spacial score (nSPS) is 14.0. The number of pyridine rings is 1. The molecule has 1 rings (SSSR count). The first kappa shape index (κ1) is 11.2. The predicted octanol–water partition coefficient (Wildman–Crippen LogP) is 2.61. The van der Waals surface area contributed by atoms with Crippen molar-refractivity contribution >= 4 is 0 Å². The van der Waals surface area contributed by atoms with Crippen molar-refractivity contribution < 1.29 is 0 Å². The highest BCUT2D eigenvalue weighted by molar-refractivity contribution is 5.09. The Morgan fingerprint density at radius 1 is 1.29 bits per heavy atom.